The highest BCUT2D eigenvalue weighted by Gasteiger charge is 2.20. The van der Waals surface area contributed by atoms with Crippen LogP contribution in [0.1, 0.15) is 68.2 Å². The van der Waals surface area contributed by atoms with Gasteiger partial charge < -0.3 is 19.8 Å². The molecular weight excluding hydrogens is 677 g/mol. The second-order valence-corrected chi connectivity index (χ2v) is 14.3. The average Bonchev–Trinajstić information content (AvgIpc) is 3.74. The van der Waals surface area contributed by atoms with Gasteiger partial charge in [0.1, 0.15) is 22.7 Å². The van der Waals surface area contributed by atoms with Crippen molar-refractivity contribution < 1.29 is 19.1 Å². The molecule has 52 heavy (non-hydrogen) atoms. The maximum Gasteiger partial charge on any atom is 0.412 e. The number of benzene rings is 3. The molecule has 3 aromatic carbocycles. The summed E-state index contributed by atoms with van der Waals surface area (Å²) in [6.07, 6.45) is 1.54. The van der Waals surface area contributed by atoms with Crippen molar-refractivity contribution in [2.24, 2.45) is 7.05 Å². The molecule has 0 aliphatic carbocycles. The number of nitrogens with zero attached hydrogens (tertiary/aromatic N) is 3. The fourth-order valence-corrected chi connectivity index (χ4v) is 6.63. The number of H-pyrrole nitrogens is 1. The number of carbonyl (C=O) groups is 2. The zero-order valence-corrected chi connectivity index (χ0v) is 30.9. The van der Waals surface area contributed by atoms with Crippen LogP contribution >= 0.6 is 11.3 Å². The molecule has 0 saturated carbocycles. The maximum absolute atomic E-state index is 13.5. The van der Waals surface area contributed by atoms with Gasteiger partial charge in [-0.1, -0.05) is 43.7 Å². The second-order valence-electron chi connectivity index (χ2n) is 13.4. The predicted octanol–water partition coefficient (Wildman–Crippen LogP) is 8.59. The van der Waals surface area contributed by atoms with Gasteiger partial charge in [-0.3, -0.25) is 19.6 Å². The molecule has 0 radical (unpaired) electrons. The van der Waals surface area contributed by atoms with E-state index < -0.39 is 11.7 Å². The first-order valence-electron chi connectivity index (χ1n) is 17.2. The Labute approximate surface area is 306 Å². The molecule has 3 aromatic heterocycles. The van der Waals surface area contributed by atoms with Gasteiger partial charge in [0.25, 0.3) is 11.5 Å². The first kappa shape index (κ1) is 36.1. The van der Waals surface area contributed by atoms with Crippen LogP contribution in [0.5, 0.6) is 5.75 Å². The minimum Gasteiger partial charge on any atom is -0.493 e. The smallest absolute Gasteiger partial charge is 0.412 e. The molecule has 2 amide bonds. The molecule has 0 bridgehead atoms. The van der Waals surface area contributed by atoms with Gasteiger partial charge >= 0.3 is 6.09 Å². The number of carbonyl (C=O) groups excluding carboxylic acids is 2. The van der Waals surface area contributed by atoms with E-state index in [1.54, 1.807) is 62.0 Å². The van der Waals surface area contributed by atoms with Gasteiger partial charge in [0, 0.05) is 17.5 Å². The van der Waals surface area contributed by atoms with E-state index in [1.165, 1.54) is 0 Å². The molecule has 0 fully saturated rings. The first-order chi connectivity index (χ1) is 24.9. The lowest BCUT2D eigenvalue weighted by atomic mass is 10.0. The number of aromatic amines is 1. The van der Waals surface area contributed by atoms with E-state index in [-0.39, 0.29) is 11.5 Å². The fourth-order valence-electron chi connectivity index (χ4n) is 5.90. The molecule has 0 spiro atoms. The van der Waals surface area contributed by atoms with Gasteiger partial charge in [-0.05, 0) is 105 Å². The van der Waals surface area contributed by atoms with Crippen LogP contribution in [0.3, 0.4) is 0 Å². The largest absolute Gasteiger partial charge is 0.493 e. The monoisotopic (exact) mass is 718 g/mol. The summed E-state index contributed by atoms with van der Waals surface area (Å²) in [6.45, 7) is 9.80. The Bertz CT molecular complexity index is 2290. The standard InChI is InChI=1S/C40H42N6O5S/c1-7-10-30-34-35(46(6)45-30)38(48)44-36(43-34)28-22-25(14-19-32(28)50-8-2)21-24-12-15-26(16-13-24)37(47)41-31-23-27(33-11-9-20-52-33)17-18-29(31)42-39(49)51-40(3,4)5/h9,11-20,22-23H,7-8,10,21H2,1-6H3,(H,41,47)(H,42,49)(H,43,44,48). The van der Waals surface area contributed by atoms with Gasteiger partial charge in [-0.2, -0.15) is 5.10 Å². The van der Waals surface area contributed by atoms with Crippen LogP contribution in [-0.4, -0.2) is 44.0 Å². The molecule has 11 nitrogen and oxygen atoms in total. The van der Waals surface area contributed by atoms with Crippen molar-refractivity contribution >= 4 is 45.7 Å². The number of ether oxygens (including phenoxy) is 2. The number of amides is 2. The molecule has 12 heteroatoms. The van der Waals surface area contributed by atoms with Crippen molar-refractivity contribution in [2.45, 2.75) is 59.5 Å². The number of hydrogen-bond acceptors (Lipinski definition) is 8. The fraction of sp³-hybridized carbons (Fsp3) is 0.275. The number of aryl methyl sites for hydroxylation is 2. The Morgan fingerprint density at radius 1 is 0.942 bits per heavy atom. The molecule has 0 aliphatic rings. The van der Waals surface area contributed by atoms with E-state index in [9.17, 15) is 14.4 Å². The van der Waals surface area contributed by atoms with Crippen molar-refractivity contribution in [3.63, 3.8) is 0 Å². The van der Waals surface area contributed by atoms with Crippen molar-refractivity contribution in [1.29, 1.82) is 0 Å². The minimum absolute atomic E-state index is 0.259. The lowest BCUT2D eigenvalue weighted by Crippen LogP contribution is -2.27. The molecule has 6 rings (SSSR count). The van der Waals surface area contributed by atoms with Crippen molar-refractivity contribution in [3.05, 3.63) is 111 Å². The summed E-state index contributed by atoms with van der Waals surface area (Å²) >= 11 is 1.58. The van der Waals surface area contributed by atoms with E-state index in [0.717, 1.165) is 33.7 Å². The van der Waals surface area contributed by atoms with Gasteiger partial charge in [-0.25, -0.2) is 9.78 Å². The number of thiophene rings is 1. The minimum atomic E-state index is -0.679. The molecule has 6 aromatic rings. The molecule has 3 N–H and O–H groups in total. The van der Waals surface area contributed by atoms with E-state index in [2.05, 4.69) is 27.6 Å². The third-order valence-electron chi connectivity index (χ3n) is 8.18. The third-order valence-corrected chi connectivity index (χ3v) is 9.10. The number of aromatic nitrogens is 4. The summed E-state index contributed by atoms with van der Waals surface area (Å²) in [6, 6.07) is 22.7. The van der Waals surface area contributed by atoms with Crippen LogP contribution < -0.4 is 20.9 Å². The van der Waals surface area contributed by atoms with Crippen LogP contribution in [0.4, 0.5) is 16.2 Å². The van der Waals surface area contributed by atoms with Crippen LogP contribution in [0.25, 0.3) is 32.9 Å². The number of anilines is 2. The summed E-state index contributed by atoms with van der Waals surface area (Å²) in [4.78, 5) is 48.2. The SMILES string of the molecule is CCCc1nn(C)c2c(=O)[nH]c(-c3cc(Cc4ccc(C(=O)Nc5cc(-c6cccs6)ccc5NC(=O)OC(C)(C)C)cc4)ccc3OCC)nc12. The zero-order chi connectivity index (χ0) is 37.0. The number of rotatable bonds is 11. The summed E-state index contributed by atoms with van der Waals surface area (Å²) in [5, 5.41) is 12.3. The van der Waals surface area contributed by atoms with E-state index in [0.29, 0.717) is 64.6 Å². The Hall–Kier alpha value is -5.75. The van der Waals surface area contributed by atoms with Gasteiger partial charge in [0.15, 0.2) is 5.52 Å². The number of fused-ring (bicyclic) bond motifs is 1. The van der Waals surface area contributed by atoms with Crippen LogP contribution in [0.15, 0.2) is 83.0 Å². The van der Waals surface area contributed by atoms with Crippen molar-refractivity contribution in [2.75, 3.05) is 17.2 Å². The topological polar surface area (TPSA) is 140 Å². The highest BCUT2D eigenvalue weighted by molar-refractivity contribution is 7.13. The number of hydrogen-bond donors (Lipinski definition) is 3. The molecule has 0 unspecified atom stereocenters. The van der Waals surface area contributed by atoms with E-state index >= 15 is 0 Å². The average molecular weight is 719 g/mol. The van der Waals surface area contributed by atoms with E-state index in [4.69, 9.17) is 14.5 Å². The highest BCUT2D eigenvalue weighted by atomic mass is 32.1. The quantitative estimate of drug-likeness (QED) is 0.122. The lowest BCUT2D eigenvalue weighted by Gasteiger charge is -2.21. The van der Waals surface area contributed by atoms with Crippen LogP contribution in [-0.2, 0) is 24.6 Å². The third kappa shape index (κ3) is 8.24. The molecule has 0 aliphatic heterocycles. The molecule has 0 saturated heterocycles. The highest BCUT2D eigenvalue weighted by Crippen LogP contribution is 2.33. The van der Waals surface area contributed by atoms with Gasteiger partial charge in [0.2, 0.25) is 0 Å². The number of nitrogens with one attached hydrogen (secondary N) is 3. The molecule has 0 atom stereocenters. The molecule has 268 valence electrons. The normalized spacial score (nSPS) is 11.4. The summed E-state index contributed by atoms with van der Waals surface area (Å²) in [7, 11) is 1.75. The molecular formula is C40H42N6O5S. The van der Waals surface area contributed by atoms with Crippen LogP contribution in [0, 0.1) is 0 Å². The summed E-state index contributed by atoms with van der Waals surface area (Å²) in [5.74, 6) is 0.711. The lowest BCUT2D eigenvalue weighted by molar-refractivity contribution is 0.0635. The predicted molar refractivity (Wildman–Crippen MR) is 207 cm³/mol. The second kappa shape index (κ2) is 15.2. The Morgan fingerprint density at radius 3 is 2.40 bits per heavy atom. The Balaban J connectivity index is 1.24. The van der Waals surface area contributed by atoms with Crippen molar-refractivity contribution in [3.8, 4) is 27.6 Å². The Kier molecular flexibility index (Phi) is 10.6. The van der Waals surface area contributed by atoms with Gasteiger partial charge in [-0.15, -0.1) is 11.3 Å². The van der Waals surface area contributed by atoms with Crippen LogP contribution in [0.2, 0.25) is 0 Å². The van der Waals surface area contributed by atoms with E-state index in [1.807, 2.05) is 66.9 Å². The van der Waals surface area contributed by atoms with Gasteiger partial charge in [0.05, 0.1) is 29.2 Å². The zero-order valence-electron chi connectivity index (χ0n) is 30.1. The van der Waals surface area contributed by atoms with Crippen molar-refractivity contribution in [1.82, 2.24) is 19.7 Å². The first-order valence-corrected chi connectivity index (χ1v) is 18.1. The molecule has 3 heterocycles. The maximum atomic E-state index is 13.5. The Morgan fingerprint density at radius 2 is 1.71 bits per heavy atom. The summed E-state index contributed by atoms with van der Waals surface area (Å²) < 4.78 is 13.0. The summed E-state index contributed by atoms with van der Waals surface area (Å²) in [5.41, 5.74) is 5.75.